The van der Waals surface area contributed by atoms with E-state index in [0.29, 0.717) is 17.3 Å². The average Bonchev–Trinajstić information content (AvgIpc) is 3.14. The van der Waals surface area contributed by atoms with E-state index in [0.717, 1.165) is 19.4 Å². The number of fused-ring (bicyclic) bond motifs is 1. The molecule has 2 amide bonds. The van der Waals surface area contributed by atoms with Gasteiger partial charge in [0.15, 0.2) is 5.17 Å². The lowest BCUT2D eigenvalue weighted by Gasteiger charge is -2.32. The Bertz CT molecular complexity index is 816. The molecule has 1 aromatic carbocycles. The van der Waals surface area contributed by atoms with Gasteiger partial charge in [0, 0.05) is 31.1 Å². The monoisotopic (exact) mass is 419 g/mol. The molecule has 0 radical (unpaired) electrons. The summed E-state index contributed by atoms with van der Waals surface area (Å²) in [5.41, 5.74) is 3.27. The molecular weight excluding hydrogens is 393 g/mol. The van der Waals surface area contributed by atoms with Crippen LogP contribution < -0.4 is 5.43 Å². The maximum absolute atomic E-state index is 13.9. The zero-order chi connectivity index (χ0) is 20.8. The number of benzene rings is 1. The summed E-state index contributed by atoms with van der Waals surface area (Å²) >= 11 is 1.30. The average molecular weight is 420 g/mol. The molecule has 1 aromatic rings. The van der Waals surface area contributed by atoms with Crippen molar-refractivity contribution in [3.05, 3.63) is 48.0 Å². The number of unbranched alkanes of at least 4 members (excludes halogenated alkanes) is 1. The van der Waals surface area contributed by atoms with E-state index in [1.807, 2.05) is 11.8 Å². The smallest absolute Gasteiger partial charge is 0.272 e. The van der Waals surface area contributed by atoms with Crippen molar-refractivity contribution in [1.82, 2.24) is 20.1 Å². The third kappa shape index (κ3) is 4.90. The fourth-order valence-corrected chi connectivity index (χ4v) is 3.99. The Balaban J connectivity index is 1.58. The van der Waals surface area contributed by atoms with Crippen molar-refractivity contribution in [1.29, 1.82) is 0 Å². The van der Waals surface area contributed by atoms with Gasteiger partial charge in [-0.25, -0.2) is 4.39 Å². The standard InChI is InChI=1S/C20H26FN5O2S/c1-3-5-10-24(4-2)17(27)14-29-20-23-22-18-19(28)25(11-12-26(18)20)13-15-8-6-7-9-16(15)21/h6-9,11-12,18,22H,3-5,10,13-14H2,1-2H3. The molecule has 9 heteroatoms. The van der Waals surface area contributed by atoms with Crippen LogP contribution in [0.15, 0.2) is 41.8 Å². The first kappa shape index (κ1) is 21.2. The van der Waals surface area contributed by atoms with Crippen LogP contribution in [0.1, 0.15) is 32.3 Å². The predicted octanol–water partition coefficient (Wildman–Crippen LogP) is 2.52. The molecule has 29 heavy (non-hydrogen) atoms. The van der Waals surface area contributed by atoms with Gasteiger partial charge in [0.2, 0.25) is 12.1 Å². The Morgan fingerprint density at radius 2 is 2.10 bits per heavy atom. The normalized spacial score (nSPS) is 17.8. The van der Waals surface area contributed by atoms with Crippen LogP contribution in [0.25, 0.3) is 0 Å². The second-order valence-electron chi connectivity index (χ2n) is 6.80. The topological polar surface area (TPSA) is 68.2 Å². The first-order valence-electron chi connectivity index (χ1n) is 9.79. The Morgan fingerprint density at radius 3 is 2.83 bits per heavy atom. The molecule has 1 N–H and O–H groups in total. The zero-order valence-corrected chi connectivity index (χ0v) is 17.5. The molecule has 0 aliphatic carbocycles. The third-order valence-corrected chi connectivity index (χ3v) is 5.80. The number of hydrogen-bond acceptors (Lipinski definition) is 6. The molecule has 0 bridgehead atoms. The molecule has 1 atom stereocenters. The van der Waals surface area contributed by atoms with Gasteiger partial charge in [-0.15, -0.1) is 0 Å². The van der Waals surface area contributed by atoms with Gasteiger partial charge >= 0.3 is 0 Å². The molecular formula is C20H26FN5O2S. The summed E-state index contributed by atoms with van der Waals surface area (Å²) in [6.07, 6.45) is 4.70. The van der Waals surface area contributed by atoms with Crippen molar-refractivity contribution in [2.45, 2.75) is 39.4 Å². The van der Waals surface area contributed by atoms with Crippen LogP contribution in [0.3, 0.4) is 0 Å². The van der Waals surface area contributed by atoms with E-state index in [-0.39, 0.29) is 29.9 Å². The van der Waals surface area contributed by atoms with Crippen molar-refractivity contribution in [3.8, 4) is 0 Å². The molecule has 0 saturated carbocycles. The number of carbonyl (C=O) groups is 2. The van der Waals surface area contributed by atoms with Crippen molar-refractivity contribution in [2.24, 2.45) is 5.10 Å². The van der Waals surface area contributed by atoms with Gasteiger partial charge in [-0.3, -0.25) is 19.9 Å². The molecule has 0 aromatic heterocycles. The number of amides is 2. The first-order chi connectivity index (χ1) is 14.0. The molecule has 2 heterocycles. The van der Waals surface area contributed by atoms with Crippen molar-refractivity contribution in [2.75, 3.05) is 18.8 Å². The Hall–Kier alpha value is -2.55. The minimum absolute atomic E-state index is 0.0607. The van der Waals surface area contributed by atoms with E-state index in [1.54, 1.807) is 35.5 Å². The summed E-state index contributed by atoms with van der Waals surface area (Å²) in [5, 5.41) is 4.80. The van der Waals surface area contributed by atoms with Crippen LogP contribution in [0.5, 0.6) is 0 Å². The number of amidine groups is 1. The molecule has 2 aliphatic rings. The third-order valence-electron chi connectivity index (χ3n) is 4.85. The summed E-state index contributed by atoms with van der Waals surface area (Å²) in [4.78, 5) is 30.2. The summed E-state index contributed by atoms with van der Waals surface area (Å²) < 4.78 is 13.9. The number of hydrogen-bond donors (Lipinski definition) is 1. The first-order valence-corrected chi connectivity index (χ1v) is 10.8. The van der Waals surface area contributed by atoms with Crippen molar-refractivity contribution < 1.29 is 14.0 Å². The molecule has 7 nitrogen and oxygen atoms in total. The summed E-state index contributed by atoms with van der Waals surface area (Å²) in [6, 6.07) is 6.40. The Morgan fingerprint density at radius 1 is 1.31 bits per heavy atom. The number of rotatable bonds is 8. The van der Waals surface area contributed by atoms with Crippen molar-refractivity contribution in [3.63, 3.8) is 0 Å². The highest BCUT2D eigenvalue weighted by molar-refractivity contribution is 8.14. The highest BCUT2D eigenvalue weighted by atomic mass is 32.2. The van der Waals surface area contributed by atoms with Crippen LogP contribution in [0.2, 0.25) is 0 Å². The molecule has 156 valence electrons. The summed E-state index contributed by atoms with van der Waals surface area (Å²) in [6.45, 7) is 5.66. The summed E-state index contributed by atoms with van der Waals surface area (Å²) in [7, 11) is 0. The predicted molar refractivity (Wildman–Crippen MR) is 112 cm³/mol. The van der Waals surface area contributed by atoms with E-state index in [4.69, 9.17) is 0 Å². The zero-order valence-electron chi connectivity index (χ0n) is 16.7. The SMILES string of the molecule is CCCCN(CC)C(=O)CSC1=NNC2C(=O)N(Cc3ccccc3F)C=CN12. The number of nitrogens with zero attached hydrogens (tertiary/aromatic N) is 4. The highest BCUT2D eigenvalue weighted by Crippen LogP contribution is 2.23. The lowest BCUT2D eigenvalue weighted by Crippen LogP contribution is -2.51. The van der Waals surface area contributed by atoms with Crippen LogP contribution in [-0.4, -0.2) is 56.7 Å². The second kappa shape index (κ2) is 9.78. The van der Waals surface area contributed by atoms with Gasteiger partial charge in [0.05, 0.1) is 12.3 Å². The molecule has 3 rings (SSSR count). The molecule has 1 unspecified atom stereocenters. The van der Waals surface area contributed by atoms with Crippen LogP contribution in [0.4, 0.5) is 4.39 Å². The van der Waals surface area contributed by atoms with Crippen LogP contribution >= 0.6 is 11.8 Å². The largest absolute Gasteiger partial charge is 0.342 e. The quantitative estimate of drug-likeness (QED) is 0.701. The lowest BCUT2D eigenvalue weighted by molar-refractivity contribution is -0.134. The Kier molecular flexibility index (Phi) is 7.13. The maximum atomic E-state index is 13.9. The van der Waals surface area contributed by atoms with E-state index in [2.05, 4.69) is 17.5 Å². The highest BCUT2D eigenvalue weighted by Gasteiger charge is 2.38. The summed E-state index contributed by atoms with van der Waals surface area (Å²) in [5.74, 6) is -0.238. The molecule has 0 fully saturated rings. The number of hydrazone groups is 1. The second-order valence-corrected chi connectivity index (χ2v) is 7.75. The molecule has 2 aliphatic heterocycles. The van der Waals surface area contributed by atoms with Gasteiger partial charge in [-0.05, 0) is 19.4 Å². The van der Waals surface area contributed by atoms with Crippen molar-refractivity contribution >= 4 is 28.7 Å². The van der Waals surface area contributed by atoms with Gasteiger partial charge in [-0.1, -0.05) is 43.3 Å². The van der Waals surface area contributed by atoms with Gasteiger partial charge in [0.1, 0.15) is 5.82 Å². The number of thioether (sulfide) groups is 1. The van der Waals surface area contributed by atoms with Gasteiger partial charge in [0.25, 0.3) is 5.91 Å². The fraction of sp³-hybridized carbons (Fsp3) is 0.450. The fourth-order valence-electron chi connectivity index (χ4n) is 3.13. The van der Waals surface area contributed by atoms with Gasteiger partial charge in [-0.2, -0.15) is 5.10 Å². The van der Waals surface area contributed by atoms with E-state index in [1.165, 1.54) is 22.7 Å². The van der Waals surface area contributed by atoms with Crippen LogP contribution in [-0.2, 0) is 16.1 Å². The van der Waals surface area contributed by atoms with E-state index < -0.39 is 6.17 Å². The Labute approximate surface area is 174 Å². The van der Waals surface area contributed by atoms with Crippen LogP contribution in [0, 0.1) is 5.82 Å². The lowest BCUT2D eigenvalue weighted by atomic mass is 10.2. The maximum Gasteiger partial charge on any atom is 0.272 e. The van der Waals surface area contributed by atoms with E-state index in [9.17, 15) is 14.0 Å². The van der Waals surface area contributed by atoms with Gasteiger partial charge < -0.3 is 9.80 Å². The minimum Gasteiger partial charge on any atom is -0.342 e. The number of carbonyl (C=O) groups excluding carboxylic acids is 2. The number of halogens is 1. The van der Waals surface area contributed by atoms with E-state index >= 15 is 0 Å². The number of nitrogens with one attached hydrogen (secondary N) is 1. The molecule has 0 spiro atoms. The minimum atomic E-state index is -0.674. The molecule has 0 saturated heterocycles.